The Hall–Kier alpha value is -2.48. The summed E-state index contributed by atoms with van der Waals surface area (Å²) in [4.78, 5) is 16.4. The first-order chi connectivity index (χ1) is 12.4. The van der Waals surface area contributed by atoms with Crippen LogP contribution in [0.5, 0.6) is 5.75 Å². The zero-order valence-corrected chi connectivity index (χ0v) is 15.8. The number of ether oxygens (including phenoxy) is 1. The van der Waals surface area contributed by atoms with Crippen LogP contribution in [0.2, 0.25) is 0 Å². The number of fused-ring (bicyclic) bond motifs is 1. The van der Waals surface area contributed by atoms with Crippen LogP contribution in [0.25, 0.3) is 0 Å². The zero-order chi connectivity index (χ0) is 18.7. The molecular formula is C18H26N6O2. The van der Waals surface area contributed by atoms with Crippen LogP contribution in [0.15, 0.2) is 24.3 Å². The summed E-state index contributed by atoms with van der Waals surface area (Å²) in [5.41, 5.74) is 1.19. The minimum absolute atomic E-state index is 0.0123. The fraction of sp³-hybridized carbons (Fsp3) is 0.556. The maximum absolute atomic E-state index is 12.6. The molecule has 0 fully saturated rings. The van der Waals surface area contributed by atoms with E-state index >= 15 is 0 Å². The third-order valence-corrected chi connectivity index (χ3v) is 4.78. The van der Waals surface area contributed by atoms with Crippen LogP contribution in [0.3, 0.4) is 0 Å². The molecule has 0 saturated carbocycles. The second kappa shape index (κ2) is 7.82. The van der Waals surface area contributed by atoms with E-state index in [2.05, 4.69) is 40.3 Å². The Kier molecular flexibility index (Phi) is 5.51. The van der Waals surface area contributed by atoms with Crippen LogP contribution in [0.4, 0.5) is 0 Å². The van der Waals surface area contributed by atoms with Gasteiger partial charge in [0.2, 0.25) is 5.91 Å². The number of carbonyl (C=O) groups is 1. The average Bonchev–Trinajstić information content (AvgIpc) is 3.20. The van der Waals surface area contributed by atoms with Gasteiger partial charge in [-0.1, -0.05) is 18.2 Å². The van der Waals surface area contributed by atoms with Crippen molar-refractivity contribution in [1.82, 2.24) is 30.0 Å². The van der Waals surface area contributed by atoms with E-state index in [1.807, 2.05) is 25.2 Å². The summed E-state index contributed by atoms with van der Waals surface area (Å²) in [7, 11) is 3.80. The number of aromatic nitrogens is 4. The standard InChI is InChI=1S/C18H26N6O2/c1-13(2)22(3)11-17-19-20-21-24(17)12-18(25)23(4)10-15-9-14-7-5-6-8-16(14)26-15/h5-8,13,15H,9-12H2,1-4H3. The molecule has 0 radical (unpaired) electrons. The number of carbonyl (C=O) groups excluding carboxylic acids is 1. The Morgan fingerprint density at radius 1 is 1.35 bits per heavy atom. The second-order valence-electron chi connectivity index (χ2n) is 7.09. The molecule has 1 aliphatic rings. The first-order valence-electron chi connectivity index (χ1n) is 8.88. The van der Waals surface area contributed by atoms with E-state index in [-0.39, 0.29) is 18.6 Å². The van der Waals surface area contributed by atoms with E-state index in [0.717, 1.165) is 12.2 Å². The lowest BCUT2D eigenvalue weighted by molar-refractivity contribution is -0.131. The number of nitrogens with zero attached hydrogens (tertiary/aromatic N) is 6. The largest absolute Gasteiger partial charge is 0.488 e. The minimum atomic E-state index is -0.0368. The Morgan fingerprint density at radius 2 is 2.12 bits per heavy atom. The van der Waals surface area contributed by atoms with Crippen LogP contribution in [-0.2, 0) is 24.3 Å². The fourth-order valence-electron chi connectivity index (χ4n) is 2.88. The van der Waals surface area contributed by atoms with Crippen molar-refractivity contribution >= 4 is 5.91 Å². The summed E-state index contributed by atoms with van der Waals surface area (Å²) in [5.74, 6) is 1.57. The first-order valence-corrected chi connectivity index (χ1v) is 8.88. The normalized spacial score (nSPS) is 16.0. The monoisotopic (exact) mass is 358 g/mol. The highest BCUT2D eigenvalue weighted by molar-refractivity contribution is 5.75. The first kappa shape index (κ1) is 18.3. The quantitative estimate of drug-likeness (QED) is 0.734. The van der Waals surface area contributed by atoms with Crippen LogP contribution in [-0.4, -0.2) is 68.7 Å². The summed E-state index contributed by atoms with van der Waals surface area (Å²) >= 11 is 0. The molecule has 2 heterocycles. The van der Waals surface area contributed by atoms with Gasteiger partial charge in [-0.15, -0.1) is 5.10 Å². The molecule has 1 atom stereocenters. The van der Waals surface area contributed by atoms with Crippen LogP contribution >= 0.6 is 0 Å². The Bertz CT molecular complexity index is 735. The van der Waals surface area contributed by atoms with Gasteiger partial charge in [-0.05, 0) is 43.0 Å². The maximum atomic E-state index is 12.6. The van der Waals surface area contributed by atoms with Gasteiger partial charge in [0.05, 0.1) is 13.1 Å². The van der Waals surface area contributed by atoms with Gasteiger partial charge in [0.1, 0.15) is 18.4 Å². The molecular weight excluding hydrogens is 332 g/mol. The van der Waals surface area contributed by atoms with Gasteiger partial charge in [0.15, 0.2) is 5.82 Å². The molecule has 1 aromatic heterocycles. The molecule has 0 spiro atoms. The topological polar surface area (TPSA) is 76.4 Å². The molecule has 3 rings (SSSR count). The Balaban J connectivity index is 1.55. The average molecular weight is 358 g/mol. The summed E-state index contributed by atoms with van der Waals surface area (Å²) in [6.07, 6.45) is 0.810. The van der Waals surface area contributed by atoms with Crippen molar-refractivity contribution in [2.45, 2.75) is 45.5 Å². The summed E-state index contributed by atoms with van der Waals surface area (Å²) in [6, 6.07) is 8.38. The molecule has 0 bridgehead atoms. The SMILES string of the molecule is CC(C)N(C)Cc1nnnn1CC(=O)N(C)CC1Cc2ccccc2O1. The van der Waals surface area contributed by atoms with Crippen molar-refractivity contribution < 1.29 is 9.53 Å². The third kappa shape index (κ3) is 4.19. The number of amides is 1. The molecule has 1 amide bonds. The maximum Gasteiger partial charge on any atom is 0.244 e. The summed E-state index contributed by atoms with van der Waals surface area (Å²) in [5, 5.41) is 11.7. The highest BCUT2D eigenvalue weighted by Crippen LogP contribution is 2.28. The number of hydrogen-bond donors (Lipinski definition) is 0. The van der Waals surface area contributed by atoms with Gasteiger partial charge in [-0.2, -0.15) is 0 Å². The van der Waals surface area contributed by atoms with E-state index in [1.54, 1.807) is 16.6 Å². The molecule has 140 valence electrons. The highest BCUT2D eigenvalue weighted by Gasteiger charge is 2.25. The van der Waals surface area contributed by atoms with E-state index < -0.39 is 0 Å². The number of para-hydroxylation sites is 1. The van der Waals surface area contributed by atoms with E-state index in [1.165, 1.54) is 5.56 Å². The lowest BCUT2D eigenvalue weighted by Gasteiger charge is -2.22. The number of likely N-dealkylation sites (N-methyl/N-ethyl adjacent to an activating group) is 1. The number of rotatable bonds is 7. The van der Waals surface area contributed by atoms with Gasteiger partial charge in [-0.25, -0.2) is 4.68 Å². The lowest BCUT2D eigenvalue weighted by atomic mass is 10.1. The van der Waals surface area contributed by atoms with Crippen molar-refractivity contribution in [3.63, 3.8) is 0 Å². The van der Waals surface area contributed by atoms with Crippen molar-refractivity contribution in [2.75, 3.05) is 20.6 Å². The van der Waals surface area contributed by atoms with Gasteiger partial charge in [0, 0.05) is 19.5 Å². The molecule has 8 heteroatoms. The van der Waals surface area contributed by atoms with Crippen LogP contribution < -0.4 is 4.74 Å². The number of benzene rings is 1. The van der Waals surface area contributed by atoms with Crippen molar-refractivity contribution in [3.05, 3.63) is 35.7 Å². The van der Waals surface area contributed by atoms with Gasteiger partial charge in [0.25, 0.3) is 0 Å². The smallest absolute Gasteiger partial charge is 0.244 e. The number of tetrazole rings is 1. The van der Waals surface area contributed by atoms with Gasteiger partial charge in [-0.3, -0.25) is 9.69 Å². The molecule has 2 aromatic rings. The summed E-state index contributed by atoms with van der Waals surface area (Å²) < 4.78 is 7.49. The molecule has 1 aromatic carbocycles. The van der Waals surface area contributed by atoms with Crippen molar-refractivity contribution in [2.24, 2.45) is 0 Å². The minimum Gasteiger partial charge on any atom is -0.488 e. The third-order valence-electron chi connectivity index (χ3n) is 4.78. The van der Waals surface area contributed by atoms with E-state index in [4.69, 9.17) is 4.74 Å². The number of hydrogen-bond acceptors (Lipinski definition) is 6. The van der Waals surface area contributed by atoms with Crippen molar-refractivity contribution in [1.29, 1.82) is 0 Å². The van der Waals surface area contributed by atoms with Crippen LogP contribution in [0, 0.1) is 0 Å². The molecule has 0 N–H and O–H groups in total. The van der Waals surface area contributed by atoms with Crippen molar-refractivity contribution in [3.8, 4) is 5.75 Å². The Morgan fingerprint density at radius 3 is 2.85 bits per heavy atom. The predicted octanol–water partition coefficient (Wildman–Crippen LogP) is 0.975. The predicted molar refractivity (Wildman–Crippen MR) is 96.6 cm³/mol. The highest BCUT2D eigenvalue weighted by atomic mass is 16.5. The van der Waals surface area contributed by atoms with Crippen LogP contribution in [0.1, 0.15) is 25.2 Å². The molecule has 0 saturated heterocycles. The van der Waals surface area contributed by atoms with Gasteiger partial charge >= 0.3 is 0 Å². The van der Waals surface area contributed by atoms with Gasteiger partial charge < -0.3 is 9.64 Å². The second-order valence-corrected chi connectivity index (χ2v) is 7.09. The molecule has 1 aliphatic heterocycles. The fourth-order valence-corrected chi connectivity index (χ4v) is 2.88. The van der Waals surface area contributed by atoms with E-state index in [9.17, 15) is 4.79 Å². The summed E-state index contributed by atoms with van der Waals surface area (Å²) in [6.45, 7) is 5.48. The lowest BCUT2D eigenvalue weighted by Crippen LogP contribution is -2.38. The molecule has 0 aliphatic carbocycles. The van der Waals surface area contributed by atoms with E-state index in [0.29, 0.717) is 25.0 Å². The molecule has 1 unspecified atom stereocenters. The molecule has 8 nitrogen and oxygen atoms in total. The molecule has 26 heavy (non-hydrogen) atoms. The zero-order valence-electron chi connectivity index (χ0n) is 15.8. The Labute approximate surface area is 153 Å².